The first kappa shape index (κ1) is 18.8. The van der Waals surface area contributed by atoms with E-state index in [1.807, 2.05) is 12.1 Å². The SMILES string of the molecule is N#CCc1ccc(C(=O)C2CC3CCCC(C2)N3Cc2ccccc2)c(F)c1. The first-order valence-electron chi connectivity index (χ1n) is 10.1. The van der Waals surface area contributed by atoms with Crippen LogP contribution in [0.5, 0.6) is 0 Å². The van der Waals surface area contributed by atoms with Gasteiger partial charge in [0, 0.05) is 24.5 Å². The number of carbonyl (C=O) groups is 1. The van der Waals surface area contributed by atoms with Gasteiger partial charge in [0.25, 0.3) is 0 Å². The summed E-state index contributed by atoms with van der Waals surface area (Å²) in [6, 6.07) is 17.9. The highest BCUT2D eigenvalue weighted by atomic mass is 19.1. The molecule has 0 spiro atoms. The topological polar surface area (TPSA) is 44.1 Å². The van der Waals surface area contributed by atoms with Crippen molar-refractivity contribution >= 4 is 5.78 Å². The molecule has 2 fully saturated rings. The molecule has 0 aliphatic carbocycles. The predicted molar refractivity (Wildman–Crippen MR) is 106 cm³/mol. The van der Waals surface area contributed by atoms with E-state index in [2.05, 4.69) is 29.2 Å². The van der Waals surface area contributed by atoms with E-state index >= 15 is 0 Å². The van der Waals surface area contributed by atoms with Crippen LogP contribution in [0.4, 0.5) is 4.39 Å². The van der Waals surface area contributed by atoms with E-state index in [0.29, 0.717) is 17.6 Å². The fourth-order valence-electron chi connectivity index (χ4n) is 4.92. The maximum Gasteiger partial charge on any atom is 0.169 e. The number of carbonyl (C=O) groups excluding carboxylic acids is 1. The fraction of sp³-hybridized carbons (Fsp3) is 0.417. The van der Waals surface area contributed by atoms with E-state index in [9.17, 15) is 9.18 Å². The molecule has 28 heavy (non-hydrogen) atoms. The highest BCUT2D eigenvalue weighted by Crippen LogP contribution is 2.39. The number of rotatable bonds is 5. The maximum atomic E-state index is 14.5. The summed E-state index contributed by atoms with van der Waals surface area (Å²) in [7, 11) is 0. The molecular weight excluding hydrogens is 351 g/mol. The van der Waals surface area contributed by atoms with Gasteiger partial charge in [0.1, 0.15) is 5.82 Å². The van der Waals surface area contributed by atoms with Gasteiger partial charge in [0.15, 0.2) is 5.78 Å². The number of hydrogen-bond donors (Lipinski definition) is 0. The summed E-state index contributed by atoms with van der Waals surface area (Å²) in [4.78, 5) is 15.6. The maximum absolute atomic E-state index is 14.5. The first-order chi connectivity index (χ1) is 13.7. The summed E-state index contributed by atoms with van der Waals surface area (Å²) in [6.45, 7) is 0.925. The highest BCUT2D eigenvalue weighted by molar-refractivity contribution is 5.98. The van der Waals surface area contributed by atoms with Crippen molar-refractivity contribution in [3.05, 3.63) is 71.0 Å². The third kappa shape index (κ3) is 3.86. The minimum absolute atomic E-state index is 0.0720. The number of benzene rings is 2. The number of piperidine rings is 2. The lowest BCUT2D eigenvalue weighted by Gasteiger charge is -2.48. The van der Waals surface area contributed by atoms with Crippen LogP contribution < -0.4 is 0 Å². The molecule has 0 radical (unpaired) electrons. The van der Waals surface area contributed by atoms with Gasteiger partial charge in [0.05, 0.1) is 18.1 Å². The lowest BCUT2D eigenvalue weighted by atomic mass is 9.75. The predicted octanol–water partition coefficient (Wildman–Crippen LogP) is 4.91. The van der Waals surface area contributed by atoms with Crippen LogP contribution in [0.1, 0.15) is 53.6 Å². The molecule has 4 heteroatoms. The van der Waals surface area contributed by atoms with E-state index in [1.165, 1.54) is 18.1 Å². The molecule has 2 heterocycles. The van der Waals surface area contributed by atoms with Crippen molar-refractivity contribution in [1.29, 1.82) is 5.26 Å². The Hall–Kier alpha value is -2.51. The van der Waals surface area contributed by atoms with Gasteiger partial charge < -0.3 is 0 Å². The van der Waals surface area contributed by atoms with Crippen LogP contribution in [0.2, 0.25) is 0 Å². The smallest absolute Gasteiger partial charge is 0.169 e. The molecular formula is C24H25FN2O. The van der Waals surface area contributed by atoms with E-state index < -0.39 is 5.82 Å². The summed E-state index contributed by atoms with van der Waals surface area (Å²) in [5.41, 5.74) is 2.11. The highest BCUT2D eigenvalue weighted by Gasteiger charge is 2.41. The number of nitrogens with zero attached hydrogens (tertiary/aromatic N) is 2. The lowest BCUT2D eigenvalue weighted by molar-refractivity contribution is 0.00895. The van der Waals surface area contributed by atoms with Crippen molar-refractivity contribution in [2.24, 2.45) is 5.92 Å². The van der Waals surface area contributed by atoms with Crippen molar-refractivity contribution in [2.45, 2.75) is 57.2 Å². The Kier molecular flexibility index (Phi) is 5.54. The second-order valence-corrected chi connectivity index (χ2v) is 8.08. The van der Waals surface area contributed by atoms with Gasteiger partial charge in [-0.3, -0.25) is 9.69 Å². The molecule has 3 nitrogen and oxygen atoms in total. The number of fused-ring (bicyclic) bond motifs is 2. The summed E-state index contributed by atoms with van der Waals surface area (Å²) in [5.74, 6) is -0.675. The molecule has 2 bridgehead atoms. The van der Waals surface area contributed by atoms with E-state index in [0.717, 1.165) is 32.2 Å². The summed E-state index contributed by atoms with van der Waals surface area (Å²) in [6.07, 6.45) is 5.20. The normalized spacial score (nSPS) is 24.5. The van der Waals surface area contributed by atoms with Crippen molar-refractivity contribution in [1.82, 2.24) is 4.90 Å². The van der Waals surface area contributed by atoms with Gasteiger partial charge in [-0.15, -0.1) is 0 Å². The standard InChI is InChI=1S/C24H25FN2O/c25-23-13-17(11-12-26)9-10-22(23)24(28)19-14-20-7-4-8-21(15-19)27(20)16-18-5-2-1-3-6-18/h1-3,5-6,9-10,13,19-21H,4,7-8,11,14-16H2. The number of halogens is 1. The average molecular weight is 376 g/mol. The van der Waals surface area contributed by atoms with Crippen LogP contribution in [-0.4, -0.2) is 22.8 Å². The van der Waals surface area contributed by atoms with Crippen molar-refractivity contribution in [2.75, 3.05) is 0 Å². The van der Waals surface area contributed by atoms with Crippen LogP contribution in [0.15, 0.2) is 48.5 Å². The molecule has 2 aromatic rings. The van der Waals surface area contributed by atoms with Crippen molar-refractivity contribution < 1.29 is 9.18 Å². The van der Waals surface area contributed by atoms with Crippen LogP contribution >= 0.6 is 0 Å². The Balaban J connectivity index is 1.49. The molecule has 2 atom stereocenters. The number of ketones is 1. The molecule has 2 aromatic carbocycles. The Morgan fingerprint density at radius 3 is 2.43 bits per heavy atom. The summed E-state index contributed by atoms with van der Waals surface area (Å²) in [5, 5.41) is 8.77. The Morgan fingerprint density at radius 2 is 1.79 bits per heavy atom. The number of hydrogen-bond acceptors (Lipinski definition) is 3. The second kappa shape index (κ2) is 8.24. The zero-order valence-corrected chi connectivity index (χ0v) is 16.0. The molecule has 4 rings (SSSR count). The summed E-state index contributed by atoms with van der Waals surface area (Å²) < 4.78 is 14.5. The van der Waals surface area contributed by atoms with Crippen LogP contribution in [0.3, 0.4) is 0 Å². The Bertz CT molecular complexity index is 875. The first-order valence-corrected chi connectivity index (χ1v) is 10.1. The monoisotopic (exact) mass is 376 g/mol. The largest absolute Gasteiger partial charge is 0.294 e. The minimum atomic E-state index is -0.491. The van der Waals surface area contributed by atoms with Gasteiger partial charge in [-0.2, -0.15) is 5.26 Å². The van der Waals surface area contributed by atoms with Crippen LogP contribution in [0.25, 0.3) is 0 Å². The van der Waals surface area contributed by atoms with Gasteiger partial charge in [-0.25, -0.2) is 4.39 Å². The van der Waals surface area contributed by atoms with E-state index in [1.54, 1.807) is 12.1 Å². The summed E-state index contributed by atoms with van der Waals surface area (Å²) >= 11 is 0. The molecule has 2 aliphatic rings. The molecule has 2 unspecified atom stereocenters. The van der Waals surface area contributed by atoms with E-state index in [-0.39, 0.29) is 23.7 Å². The Morgan fingerprint density at radius 1 is 1.07 bits per heavy atom. The molecule has 2 aliphatic heterocycles. The van der Waals surface area contributed by atoms with Crippen molar-refractivity contribution in [3.63, 3.8) is 0 Å². The Labute approximate surface area is 165 Å². The van der Waals surface area contributed by atoms with Crippen LogP contribution in [-0.2, 0) is 13.0 Å². The number of Topliss-reactive ketones (excluding diaryl/α,β-unsaturated/α-hetero) is 1. The zero-order chi connectivity index (χ0) is 19.5. The average Bonchev–Trinajstić information content (AvgIpc) is 2.68. The van der Waals surface area contributed by atoms with Gasteiger partial charge in [-0.1, -0.05) is 42.8 Å². The molecule has 144 valence electrons. The van der Waals surface area contributed by atoms with E-state index in [4.69, 9.17) is 5.26 Å². The molecule has 2 saturated heterocycles. The third-order valence-corrected chi connectivity index (χ3v) is 6.29. The lowest BCUT2D eigenvalue weighted by Crippen LogP contribution is -2.52. The second-order valence-electron chi connectivity index (χ2n) is 8.08. The third-order valence-electron chi connectivity index (χ3n) is 6.29. The molecule has 0 amide bonds. The van der Waals surface area contributed by atoms with Crippen molar-refractivity contribution in [3.8, 4) is 6.07 Å². The van der Waals surface area contributed by atoms with Gasteiger partial charge in [-0.05, 0) is 48.9 Å². The number of nitriles is 1. The molecule has 0 saturated carbocycles. The van der Waals surface area contributed by atoms with Gasteiger partial charge in [0.2, 0.25) is 0 Å². The molecule has 0 N–H and O–H groups in total. The zero-order valence-electron chi connectivity index (χ0n) is 16.0. The molecule has 0 aromatic heterocycles. The van der Waals surface area contributed by atoms with Gasteiger partial charge >= 0.3 is 0 Å². The quantitative estimate of drug-likeness (QED) is 0.697. The minimum Gasteiger partial charge on any atom is -0.294 e. The van der Waals surface area contributed by atoms with Crippen LogP contribution in [0, 0.1) is 23.1 Å². The fourth-order valence-corrected chi connectivity index (χ4v) is 4.92.